The quantitative estimate of drug-likeness (QED) is 0.752. The van der Waals surface area contributed by atoms with Crippen molar-refractivity contribution in [2.24, 2.45) is 11.7 Å². The molecule has 100 valence electrons. The van der Waals surface area contributed by atoms with Crippen molar-refractivity contribution in [1.29, 1.82) is 0 Å². The van der Waals surface area contributed by atoms with Crippen molar-refractivity contribution in [3.05, 3.63) is 29.8 Å². The first-order chi connectivity index (χ1) is 9.02. The zero-order chi connectivity index (χ0) is 14.0. The van der Waals surface area contributed by atoms with Crippen LogP contribution in [0.1, 0.15) is 12.0 Å². The van der Waals surface area contributed by atoms with E-state index >= 15 is 0 Å². The molecule has 1 atom stereocenters. The van der Waals surface area contributed by atoms with Crippen LogP contribution in [-0.2, 0) is 20.8 Å². The third-order valence-corrected chi connectivity index (χ3v) is 3.07. The van der Waals surface area contributed by atoms with E-state index in [1.165, 1.54) is 0 Å². The number of hydrogen-bond acceptors (Lipinski definition) is 4. The van der Waals surface area contributed by atoms with Gasteiger partial charge in [0, 0.05) is 13.0 Å². The first kappa shape index (κ1) is 13.2. The van der Waals surface area contributed by atoms with Gasteiger partial charge in [0.25, 0.3) is 0 Å². The average Bonchev–Trinajstić information content (AvgIpc) is 2.65. The van der Waals surface area contributed by atoms with Gasteiger partial charge in [0.15, 0.2) is 0 Å². The summed E-state index contributed by atoms with van der Waals surface area (Å²) in [5.41, 5.74) is 6.52. The minimum Gasteiger partial charge on any atom is -0.481 e. The van der Waals surface area contributed by atoms with E-state index in [1.807, 2.05) is 0 Å². The average molecular weight is 262 g/mol. The van der Waals surface area contributed by atoms with Gasteiger partial charge in [-0.3, -0.25) is 19.3 Å². The van der Waals surface area contributed by atoms with Crippen LogP contribution >= 0.6 is 0 Å². The Balaban J connectivity index is 2.20. The highest BCUT2D eigenvalue weighted by molar-refractivity contribution is 6.21. The molecular formula is C13H14N2O4. The van der Waals surface area contributed by atoms with Crippen LogP contribution in [0.3, 0.4) is 0 Å². The smallest absolute Gasteiger partial charge is 0.307 e. The predicted octanol–water partition coefficient (Wildman–Crippen LogP) is 0.152. The summed E-state index contributed by atoms with van der Waals surface area (Å²) < 4.78 is 0. The van der Waals surface area contributed by atoms with Gasteiger partial charge in [-0.25, -0.2) is 0 Å². The van der Waals surface area contributed by atoms with Gasteiger partial charge in [-0.2, -0.15) is 0 Å². The van der Waals surface area contributed by atoms with Crippen molar-refractivity contribution < 1.29 is 19.5 Å². The number of carboxylic acids is 1. The number of nitrogens with zero attached hydrogens (tertiary/aromatic N) is 1. The summed E-state index contributed by atoms with van der Waals surface area (Å²) in [6.07, 6.45) is 0.0415. The van der Waals surface area contributed by atoms with E-state index in [1.54, 1.807) is 24.3 Å². The summed E-state index contributed by atoms with van der Waals surface area (Å²) in [6, 6.07) is 6.35. The van der Waals surface area contributed by atoms with E-state index in [0.717, 1.165) is 4.90 Å². The van der Waals surface area contributed by atoms with Crippen molar-refractivity contribution >= 4 is 23.5 Å². The Morgan fingerprint density at radius 2 is 1.95 bits per heavy atom. The molecule has 2 rings (SSSR count). The van der Waals surface area contributed by atoms with Gasteiger partial charge >= 0.3 is 5.97 Å². The Morgan fingerprint density at radius 1 is 1.32 bits per heavy atom. The molecule has 1 aliphatic heterocycles. The highest BCUT2D eigenvalue weighted by atomic mass is 16.4. The lowest BCUT2D eigenvalue weighted by Crippen LogP contribution is -2.32. The lowest BCUT2D eigenvalue weighted by molar-refractivity contribution is -0.136. The number of rotatable bonds is 4. The number of amides is 2. The van der Waals surface area contributed by atoms with Crippen LogP contribution in [0.5, 0.6) is 0 Å². The molecule has 3 N–H and O–H groups in total. The molecule has 1 fully saturated rings. The molecule has 1 aromatic carbocycles. The van der Waals surface area contributed by atoms with E-state index < -0.39 is 11.9 Å². The lowest BCUT2D eigenvalue weighted by Gasteiger charge is -2.15. The van der Waals surface area contributed by atoms with Crippen molar-refractivity contribution in [2.45, 2.75) is 12.8 Å². The predicted molar refractivity (Wildman–Crippen MR) is 67.4 cm³/mol. The molecule has 1 heterocycles. The van der Waals surface area contributed by atoms with Gasteiger partial charge in [0.2, 0.25) is 11.8 Å². The van der Waals surface area contributed by atoms with Crippen LogP contribution in [0.2, 0.25) is 0 Å². The highest BCUT2D eigenvalue weighted by Crippen LogP contribution is 2.26. The number of aliphatic carboxylic acids is 1. The Bertz CT molecular complexity index is 524. The molecule has 6 heteroatoms. The van der Waals surface area contributed by atoms with Crippen molar-refractivity contribution in [3.63, 3.8) is 0 Å². The molecule has 0 radical (unpaired) electrons. The summed E-state index contributed by atoms with van der Waals surface area (Å²) >= 11 is 0. The number of benzene rings is 1. The molecule has 0 bridgehead atoms. The van der Waals surface area contributed by atoms with Crippen molar-refractivity contribution in [2.75, 3.05) is 11.4 Å². The second kappa shape index (κ2) is 5.19. The second-order valence-electron chi connectivity index (χ2n) is 4.44. The zero-order valence-corrected chi connectivity index (χ0v) is 10.2. The first-order valence-electron chi connectivity index (χ1n) is 5.90. The third kappa shape index (κ3) is 2.63. The molecule has 0 aliphatic carbocycles. The van der Waals surface area contributed by atoms with Crippen LogP contribution in [-0.4, -0.2) is 29.4 Å². The molecule has 0 saturated carbocycles. The van der Waals surface area contributed by atoms with E-state index in [4.69, 9.17) is 10.8 Å². The number of nitrogens with two attached hydrogens (primary N) is 1. The summed E-state index contributed by atoms with van der Waals surface area (Å²) in [6.45, 7) is 0.151. The number of anilines is 1. The molecule has 1 unspecified atom stereocenters. The Kier molecular flexibility index (Phi) is 3.62. The fourth-order valence-electron chi connectivity index (χ4n) is 2.09. The molecule has 0 spiro atoms. The summed E-state index contributed by atoms with van der Waals surface area (Å²) in [4.78, 5) is 35.4. The fourth-order valence-corrected chi connectivity index (χ4v) is 2.09. The number of imide groups is 1. The minimum absolute atomic E-state index is 0.0897. The molecule has 0 aromatic heterocycles. The second-order valence-corrected chi connectivity index (χ2v) is 4.44. The molecule has 1 aromatic rings. The highest BCUT2D eigenvalue weighted by Gasteiger charge is 2.38. The van der Waals surface area contributed by atoms with Gasteiger partial charge in [0.1, 0.15) is 0 Å². The molecule has 1 saturated heterocycles. The topological polar surface area (TPSA) is 101 Å². The van der Waals surface area contributed by atoms with E-state index in [-0.39, 0.29) is 31.2 Å². The normalized spacial score (nSPS) is 19.0. The summed E-state index contributed by atoms with van der Waals surface area (Å²) in [7, 11) is 0. The van der Waals surface area contributed by atoms with E-state index in [2.05, 4.69) is 0 Å². The Labute approximate surface area is 109 Å². The molecular weight excluding hydrogens is 248 g/mol. The molecule has 19 heavy (non-hydrogen) atoms. The maximum absolute atomic E-state index is 11.9. The van der Waals surface area contributed by atoms with Gasteiger partial charge in [-0.15, -0.1) is 0 Å². The third-order valence-electron chi connectivity index (χ3n) is 3.07. The minimum atomic E-state index is -0.927. The van der Waals surface area contributed by atoms with Gasteiger partial charge < -0.3 is 10.8 Å². The van der Waals surface area contributed by atoms with E-state index in [9.17, 15) is 14.4 Å². The molecule has 1 aliphatic rings. The molecule has 6 nitrogen and oxygen atoms in total. The number of carbonyl (C=O) groups is 3. The standard InChI is InChI=1S/C13H14N2O4/c14-7-9-6-11(16)15(13(9)19)10-3-1-8(2-4-10)5-12(17)18/h1-4,9H,5-7,14H2,(H,17,18). The van der Waals surface area contributed by atoms with Crippen LogP contribution in [0, 0.1) is 5.92 Å². The Morgan fingerprint density at radius 3 is 2.42 bits per heavy atom. The van der Waals surface area contributed by atoms with Crippen LogP contribution in [0.25, 0.3) is 0 Å². The van der Waals surface area contributed by atoms with Crippen LogP contribution < -0.4 is 10.6 Å². The maximum Gasteiger partial charge on any atom is 0.307 e. The number of hydrogen-bond donors (Lipinski definition) is 2. The van der Waals surface area contributed by atoms with Crippen LogP contribution in [0.4, 0.5) is 5.69 Å². The van der Waals surface area contributed by atoms with Crippen molar-refractivity contribution in [1.82, 2.24) is 0 Å². The zero-order valence-electron chi connectivity index (χ0n) is 10.2. The lowest BCUT2D eigenvalue weighted by atomic mass is 10.1. The fraction of sp³-hybridized carbons (Fsp3) is 0.308. The Hall–Kier alpha value is -2.21. The maximum atomic E-state index is 11.9. The van der Waals surface area contributed by atoms with Crippen molar-refractivity contribution in [3.8, 4) is 0 Å². The number of carbonyl (C=O) groups excluding carboxylic acids is 2. The monoisotopic (exact) mass is 262 g/mol. The van der Waals surface area contributed by atoms with Crippen LogP contribution in [0.15, 0.2) is 24.3 Å². The summed E-state index contributed by atoms with van der Waals surface area (Å²) in [5, 5.41) is 8.67. The molecule has 2 amide bonds. The number of carboxylic acid groups (broad SMARTS) is 1. The largest absolute Gasteiger partial charge is 0.481 e. The van der Waals surface area contributed by atoms with E-state index in [0.29, 0.717) is 11.3 Å². The van der Waals surface area contributed by atoms with Gasteiger partial charge in [-0.1, -0.05) is 12.1 Å². The SMILES string of the molecule is NCC1CC(=O)N(c2ccc(CC(=O)O)cc2)C1=O. The first-order valence-corrected chi connectivity index (χ1v) is 5.90. The summed E-state index contributed by atoms with van der Waals surface area (Å²) in [5.74, 6) is -1.94. The van der Waals surface area contributed by atoms with Gasteiger partial charge in [0.05, 0.1) is 18.0 Å². The van der Waals surface area contributed by atoms with Gasteiger partial charge in [-0.05, 0) is 17.7 Å².